The predicted molar refractivity (Wildman–Crippen MR) is 397 cm³/mol. The summed E-state index contributed by atoms with van der Waals surface area (Å²) in [6.45, 7) is 0. The third-order valence-corrected chi connectivity index (χ3v) is 21.7. The van der Waals surface area contributed by atoms with Crippen molar-refractivity contribution in [2.75, 3.05) is 9.80 Å². The van der Waals surface area contributed by atoms with Crippen molar-refractivity contribution in [2.45, 2.75) is 10.8 Å². The number of rotatable bonds is 8. The van der Waals surface area contributed by atoms with Gasteiger partial charge in [-0.2, -0.15) is 0 Å². The lowest BCUT2D eigenvalue weighted by molar-refractivity contribution is 0.748. The Labute approximate surface area is 556 Å². The molecule has 1 unspecified atom stereocenters. The lowest BCUT2D eigenvalue weighted by atomic mass is 9.65. The van der Waals surface area contributed by atoms with E-state index < -0.39 is 10.8 Å². The van der Waals surface area contributed by atoms with Gasteiger partial charge < -0.3 is 18.9 Å². The predicted octanol–water partition coefficient (Wildman–Crippen LogP) is 23.5. The van der Waals surface area contributed by atoms with Crippen LogP contribution < -0.4 is 9.80 Å². The van der Waals surface area contributed by atoms with E-state index in [1.807, 2.05) is 0 Å². The summed E-state index contributed by atoms with van der Waals surface area (Å²) in [6, 6.07) is 132. The quantitative estimate of drug-likeness (QED) is 0.151. The van der Waals surface area contributed by atoms with Crippen molar-refractivity contribution in [1.82, 2.24) is 9.13 Å². The molecule has 0 bridgehead atoms. The van der Waals surface area contributed by atoms with Crippen molar-refractivity contribution in [3.63, 3.8) is 0 Å². The molecule has 21 rings (SSSR count). The fourth-order valence-corrected chi connectivity index (χ4v) is 17.9. The van der Waals surface area contributed by atoms with Gasteiger partial charge in [0.1, 0.15) is 0 Å². The minimum Gasteiger partial charge on any atom is -0.310 e. The van der Waals surface area contributed by atoms with Crippen molar-refractivity contribution in [3.05, 3.63) is 396 Å². The number of hydrogen-bond donors (Lipinski definition) is 0. The number of hydrogen-bond acceptors (Lipinski definition) is 2. The fourth-order valence-electron chi connectivity index (χ4n) is 17.9. The molecule has 1 atom stereocenters. The highest BCUT2D eigenvalue weighted by Crippen LogP contribution is 2.64. The van der Waals surface area contributed by atoms with Gasteiger partial charge in [-0.05, 0) is 192 Å². The van der Waals surface area contributed by atoms with Crippen LogP contribution >= 0.6 is 0 Å². The molecule has 4 heteroatoms. The van der Waals surface area contributed by atoms with Gasteiger partial charge >= 0.3 is 0 Å². The largest absolute Gasteiger partial charge is 0.310 e. The minimum atomic E-state index is -0.631. The molecule has 0 amide bonds. The highest BCUT2D eigenvalue weighted by Gasteiger charge is 2.53. The maximum Gasteiger partial charge on any atom is 0.0755 e. The fraction of sp³-hybridized carbons (Fsp3) is 0.0217. The first-order valence-corrected chi connectivity index (χ1v) is 33.4. The second-order valence-corrected chi connectivity index (χ2v) is 26.2. The Morgan fingerprint density at radius 3 is 1.24 bits per heavy atom. The number of para-hydroxylation sites is 6. The highest BCUT2D eigenvalue weighted by molar-refractivity contribution is 6.15. The van der Waals surface area contributed by atoms with Gasteiger partial charge in [0, 0.05) is 55.7 Å². The van der Waals surface area contributed by atoms with Gasteiger partial charge in [0.15, 0.2) is 0 Å². The van der Waals surface area contributed by atoms with Gasteiger partial charge in [0.25, 0.3) is 0 Å². The van der Waals surface area contributed by atoms with E-state index >= 15 is 0 Å². The maximum absolute atomic E-state index is 2.58. The molecule has 0 radical (unpaired) electrons. The summed E-state index contributed by atoms with van der Waals surface area (Å²) in [5.74, 6) is 0. The molecule has 0 saturated carbocycles. The molecule has 2 aromatic heterocycles. The van der Waals surface area contributed by atoms with E-state index in [0.717, 1.165) is 45.3 Å². The van der Waals surface area contributed by atoms with E-state index in [2.05, 4.69) is 371 Å². The Balaban J connectivity index is 0.742. The monoisotopic (exact) mass is 1220 g/mol. The summed E-state index contributed by atoms with van der Waals surface area (Å²) in [5, 5.41) is 5.00. The molecule has 0 N–H and O–H groups in total. The van der Waals surface area contributed by atoms with Crippen LogP contribution in [-0.4, -0.2) is 9.13 Å². The standard InChI is InChI=1S/C92H58N4/c1-4-23-59(24-5-1)60-45-48-65(49-46-60)93(63-26-6-2-7-27-63)68-51-54-88-84(58-68)91(77-37-14-10-31-69(77)70-32-11-15-38-78(70)91)81-41-22-36-75-76-56-62(47-53-86(76)96(88)90(75)81)61-25-20-30-66(55-61)94(64-28-8-3-9-29-64)67-50-52-72-71-33-12-16-39-79(71)92(83(72)57-67)80-40-17-19-44-87(80)95-85-43-18-13-34-73(85)74-35-21-42-82(92)89(74)95/h1-58H. The minimum absolute atomic E-state index is 0.589. The zero-order valence-corrected chi connectivity index (χ0v) is 52.3. The normalized spacial score (nSPS) is 14.6. The number of fused-ring (bicyclic) bond motifs is 24. The molecule has 4 heterocycles. The van der Waals surface area contributed by atoms with Gasteiger partial charge in [-0.25, -0.2) is 0 Å². The summed E-state index contributed by atoms with van der Waals surface area (Å²) in [5.41, 5.74) is 32.8. The first-order chi connectivity index (χ1) is 47.6. The van der Waals surface area contributed by atoms with Gasteiger partial charge in [-0.15, -0.1) is 0 Å². The van der Waals surface area contributed by atoms with Crippen LogP contribution in [0.3, 0.4) is 0 Å². The van der Waals surface area contributed by atoms with Crippen molar-refractivity contribution >= 4 is 77.7 Å². The summed E-state index contributed by atoms with van der Waals surface area (Å²) < 4.78 is 5.11. The summed E-state index contributed by atoms with van der Waals surface area (Å²) in [7, 11) is 0. The molecular weight excluding hydrogens is 1160 g/mol. The Morgan fingerprint density at radius 2 is 0.583 bits per heavy atom. The summed E-state index contributed by atoms with van der Waals surface area (Å²) in [6.07, 6.45) is 0. The van der Waals surface area contributed by atoms with E-state index in [4.69, 9.17) is 0 Å². The lowest BCUT2D eigenvalue weighted by Crippen LogP contribution is -2.33. The number of benzene rings is 15. The molecule has 0 fully saturated rings. The molecule has 446 valence electrons. The lowest BCUT2D eigenvalue weighted by Gasteiger charge is -2.40. The Bertz CT molecular complexity index is 6050. The molecule has 2 aliphatic carbocycles. The van der Waals surface area contributed by atoms with Crippen LogP contribution in [-0.2, 0) is 10.8 Å². The van der Waals surface area contributed by atoms with E-state index in [1.54, 1.807) is 0 Å². The van der Waals surface area contributed by atoms with Gasteiger partial charge in [0.2, 0.25) is 0 Å². The van der Waals surface area contributed by atoms with Crippen LogP contribution in [0, 0.1) is 0 Å². The van der Waals surface area contributed by atoms with E-state index in [0.29, 0.717) is 0 Å². The Hall–Kier alpha value is -12.5. The van der Waals surface area contributed by atoms with Crippen molar-refractivity contribution < 1.29 is 0 Å². The molecule has 17 aromatic rings. The highest BCUT2D eigenvalue weighted by atomic mass is 15.2. The number of aromatic nitrogens is 2. The van der Waals surface area contributed by atoms with E-state index in [-0.39, 0.29) is 0 Å². The third-order valence-electron chi connectivity index (χ3n) is 21.7. The second kappa shape index (κ2) is 20.0. The average Bonchev–Trinajstić information content (AvgIpc) is 1.47. The van der Waals surface area contributed by atoms with Crippen molar-refractivity contribution in [1.29, 1.82) is 0 Å². The van der Waals surface area contributed by atoms with E-state index in [1.165, 1.54) is 133 Å². The van der Waals surface area contributed by atoms with Crippen molar-refractivity contribution in [3.8, 4) is 55.9 Å². The zero-order chi connectivity index (χ0) is 62.8. The Morgan fingerprint density at radius 1 is 0.198 bits per heavy atom. The smallest absolute Gasteiger partial charge is 0.0755 e. The molecule has 15 aromatic carbocycles. The van der Waals surface area contributed by atoms with Crippen molar-refractivity contribution in [2.24, 2.45) is 0 Å². The molecule has 2 aliphatic heterocycles. The van der Waals surface area contributed by atoms with Crippen LogP contribution in [0.15, 0.2) is 352 Å². The van der Waals surface area contributed by atoms with Crippen LogP contribution in [0.2, 0.25) is 0 Å². The molecule has 4 aliphatic rings. The third kappa shape index (κ3) is 7.06. The van der Waals surface area contributed by atoms with E-state index in [9.17, 15) is 0 Å². The van der Waals surface area contributed by atoms with Gasteiger partial charge in [-0.1, -0.05) is 249 Å². The SMILES string of the molecule is c1ccc(-c2ccc(N(c3ccccc3)c3ccc4c(c3)C3(c5ccccc5-c5ccccc53)c3cccc5c6cc(-c7cccc(N(c8ccccc8)c8ccc9c(c8)C8(c%10ccccc%10-9)c9ccccc9-n9c%10ccccc%10c%10cccc8c%109)c7)ccc6n-4c35)cc2)cc1. The first kappa shape index (κ1) is 53.1. The van der Waals surface area contributed by atoms with Crippen LogP contribution in [0.4, 0.5) is 34.1 Å². The summed E-state index contributed by atoms with van der Waals surface area (Å²) in [4.78, 5) is 4.89. The number of nitrogens with zero attached hydrogens (tertiary/aromatic N) is 4. The average molecular weight is 1220 g/mol. The van der Waals surface area contributed by atoms with Gasteiger partial charge in [0.05, 0.1) is 44.3 Å². The van der Waals surface area contributed by atoms with Crippen LogP contribution in [0.1, 0.15) is 44.5 Å². The van der Waals surface area contributed by atoms with Crippen LogP contribution in [0.25, 0.3) is 99.5 Å². The van der Waals surface area contributed by atoms with Crippen LogP contribution in [0.5, 0.6) is 0 Å². The first-order valence-electron chi connectivity index (χ1n) is 33.4. The summed E-state index contributed by atoms with van der Waals surface area (Å²) >= 11 is 0. The zero-order valence-electron chi connectivity index (χ0n) is 52.3. The topological polar surface area (TPSA) is 16.3 Å². The second-order valence-electron chi connectivity index (χ2n) is 26.2. The molecule has 96 heavy (non-hydrogen) atoms. The number of anilines is 6. The molecule has 0 saturated heterocycles. The maximum atomic E-state index is 2.58. The molecular formula is C92H58N4. The molecule has 4 nitrogen and oxygen atoms in total. The Kier molecular flexibility index (Phi) is 11.1. The van der Waals surface area contributed by atoms with Gasteiger partial charge in [-0.3, -0.25) is 0 Å². The molecule has 2 spiro atoms.